The van der Waals surface area contributed by atoms with Gasteiger partial charge in [-0.3, -0.25) is 14.5 Å². The van der Waals surface area contributed by atoms with Crippen molar-refractivity contribution in [2.45, 2.75) is 67.3 Å². The summed E-state index contributed by atoms with van der Waals surface area (Å²) < 4.78 is 12.9. The van der Waals surface area contributed by atoms with E-state index < -0.39 is 11.7 Å². The van der Waals surface area contributed by atoms with Crippen LogP contribution in [0.25, 0.3) is 0 Å². The molecule has 0 radical (unpaired) electrons. The van der Waals surface area contributed by atoms with Crippen LogP contribution in [0.4, 0.5) is 15.9 Å². The second-order valence-corrected chi connectivity index (χ2v) is 9.18. The average molecular weight is 469 g/mol. The SMILES string of the molecule is CC.CC(=O)c1ccc2c(n1)N(C(=O)C#Cc1ccc(F)cn1)[C@H]1CCN2C1.CCC(C)(C)C.[HH]. The number of Topliss-reactive ketones (excluding diaryl/α,β-unsaturated/α-hetero) is 1. The molecule has 2 aromatic rings. The standard InChI is InChI=1S/C19H15FN4O2.C6H14.C2H6.H2/c1-12(25)16-5-6-17-19(22-16)24(15-8-9-23(17)11-15)18(26)7-4-14-3-2-13(20)10-21-14;1-5-6(2,3)4;1-2;/h2-3,5-6,10,15H,8-9,11H2,1H3;5H2,1-4H3;1-2H3;1H/t15-;;;/m0.../s1. The Bertz CT molecular complexity index is 1070. The summed E-state index contributed by atoms with van der Waals surface area (Å²) in [6.45, 7) is 15.9. The van der Waals surface area contributed by atoms with Crippen molar-refractivity contribution in [3.05, 3.63) is 47.7 Å². The van der Waals surface area contributed by atoms with E-state index in [4.69, 9.17) is 0 Å². The first-order valence-electron chi connectivity index (χ1n) is 11.8. The van der Waals surface area contributed by atoms with Crippen molar-refractivity contribution >= 4 is 23.2 Å². The molecule has 1 saturated heterocycles. The molecule has 7 heteroatoms. The molecular weight excluding hydrogens is 431 g/mol. The highest BCUT2D eigenvalue weighted by Gasteiger charge is 2.39. The van der Waals surface area contributed by atoms with Gasteiger partial charge in [0.1, 0.15) is 17.2 Å². The summed E-state index contributed by atoms with van der Waals surface area (Å²) in [5.74, 6) is 4.68. The molecule has 2 aliphatic rings. The van der Waals surface area contributed by atoms with E-state index in [-0.39, 0.29) is 13.3 Å². The summed E-state index contributed by atoms with van der Waals surface area (Å²) >= 11 is 0. The summed E-state index contributed by atoms with van der Waals surface area (Å²) in [7, 11) is 0. The minimum atomic E-state index is -0.459. The molecule has 0 aliphatic carbocycles. The van der Waals surface area contributed by atoms with Crippen LogP contribution in [0.15, 0.2) is 30.5 Å². The van der Waals surface area contributed by atoms with E-state index in [1.807, 2.05) is 19.9 Å². The smallest absolute Gasteiger partial charge is 0.304 e. The monoisotopic (exact) mass is 468 g/mol. The molecule has 0 N–H and O–H groups in total. The number of anilines is 2. The van der Waals surface area contributed by atoms with Gasteiger partial charge in [-0.25, -0.2) is 14.4 Å². The summed E-state index contributed by atoms with van der Waals surface area (Å²) in [6.07, 6.45) is 3.14. The van der Waals surface area contributed by atoms with E-state index in [9.17, 15) is 14.0 Å². The Morgan fingerprint density at radius 1 is 1.21 bits per heavy atom. The van der Waals surface area contributed by atoms with Crippen LogP contribution >= 0.6 is 0 Å². The molecule has 1 atom stereocenters. The van der Waals surface area contributed by atoms with E-state index in [1.165, 1.54) is 25.5 Å². The Hall–Kier alpha value is -3.27. The number of ketones is 1. The van der Waals surface area contributed by atoms with Crippen molar-refractivity contribution in [2.24, 2.45) is 5.41 Å². The van der Waals surface area contributed by atoms with Crippen LogP contribution < -0.4 is 9.80 Å². The predicted molar refractivity (Wildman–Crippen MR) is 137 cm³/mol. The summed E-state index contributed by atoms with van der Waals surface area (Å²) in [4.78, 5) is 36.4. The summed E-state index contributed by atoms with van der Waals surface area (Å²) in [5.41, 5.74) is 2.01. The highest BCUT2D eigenvalue weighted by molar-refractivity contribution is 6.09. The maximum absolute atomic E-state index is 12.9. The van der Waals surface area contributed by atoms with Crippen molar-refractivity contribution in [3.63, 3.8) is 0 Å². The maximum atomic E-state index is 12.9. The second-order valence-electron chi connectivity index (χ2n) is 9.18. The zero-order valence-corrected chi connectivity index (χ0v) is 21.3. The van der Waals surface area contributed by atoms with Crippen LogP contribution in [-0.2, 0) is 4.79 Å². The molecule has 1 amide bonds. The Labute approximate surface area is 204 Å². The predicted octanol–water partition coefficient (Wildman–Crippen LogP) is 5.51. The van der Waals surface area contributed by atoms with Gasteiger partial charge in [0.25, 0.3) is 0 Å². The van der Waals surface area contributed by atoms with E-state index in [2.05, 4.69) is 54.4 Å². The van der Waals surface area contributed by atoms with Crippen LogP contribution in [-0.4, -0.2) is 40.8 Å². The molecule has 1 fully saturated rings. The molecule has 0 aromatic carbocycles. The molecule has 0 unspecified atom stereocenters. The third-order valence-corrected chi connectivity index (χ3v) is 5.62. The third-order valence-electron chi connectivity index (χ3n) is 5.62. The second kappa shape index (κ2) is 11.7. The number of halogens is 1. The van der Waals surface area contributed by atoms with Gasteiger partial charge in [-0.15, -0.1) is 0 Å². The molecular formula is C27H37FN4O2. The number of amides is 1. The Morgan fingerprint density at radius 3 is 2.44 bits per heavy atom. The maximum Gasteiger partial charge on any atom is 0.304 e. The van der Waals surface area contributed by atoms with Gasteiger partial charge in [0.05, 0.1) is 17.9 Å². The van der Waals surface area contributed by atoms with Gasteiger partial charge in [-0.2, -0.15) is 0 Å². The number of fused-ring (bicyclic) bond motifs is 4. The van der Waals surface area contributed by atoms with Gasteiger partial charge in [0, 0.05) is 27.4 Å². The highest BCUT2D eigenvalue weighted by Crippen LogP contribution is 2.38. The molecule has 6 nitrogen and oxygen atoms in total. The lowest BCUT2D eigenvalue weighted by molar-refractivity contribution is -0.113. The number of pyridine rings is 2. The summed E-state index contributed by atoms with van der Waals surface area (Å²) in [5, 5.41) is 0. The fraction of sp³-hybridized carbons (Fsp3) is 0.481. The van der Waals surface area contributed by atoms with Gasteiger partial charge in [-0.1, -0.05) is 48.0 Å². The number of hydrogen-bond donors (Lipinski definition) is 0. The molecule has 184 valence electrons. The topological polar surface area (TPSA) is 66.4 Å². The Kier molecular flexibility index (Phi) is 9.31. The molecule has 4 heterocycles. The average Bonchev–Trinajstić information content (AvgIpc) is 3.24. The Balaban J connectivity index is 0.000000599. The van der Waals surface area contributed by atoms with Gasteiger partial charge in [0.2, 0.25) is 0 Å². The minimum absolute atomic E-state index is 0. The molecule has 0 saturated carbocycles. The lowest BCUT2D eigenvalue weighted by Gasteiger charge is -2.34. The van der Waals surface area contributed by atoms with Crippen LogP contribution in [0, 0.1) is 23.1 Å². The van der Waals surface area contributed by atoms with Crippen LogP contribution in [0.5, 0.6) is 0 Å². The molecule has 2 bridgehead atoms. The van der Waals surface area contributed by atoms with E-state index in [1.54, 1.807) is 11.0 Å². The molecule has 34 heavy (non-hydrogen) atoms. The van der Waals surface area contributed by atoms with Gasteiger partial charge < -0.3 is 4.90 Å². The molecule has 4 rings (SSSR count). The van der Waals surface area contributed by atoms with Gasteiger partial charge in [0.15, 0.2) is 11.6 Å². The lowest BCUT2D eigenvalue weighted by atomic mass is 9.94. The highest BCUT2D eigenvalue weighted by atomic mass is 19.1. The first-order valence-corrected chi connectivity index (χ1v) is 11.8. The number of rotatable bonds is 1. The summed E-state index contributed by atoms with van der Waals surface area (Å²) in [6, 6.07) is 6.14. The van der Waals surface area contributed by atoms with Gasteiger partial charge >= 0.3 is 5.91 Å². The number of carbonyl (C=O) groups is 2. The Morgan fingerprint density at radius 2 is 1.88 bits per heavy atom. The van der Waals surface area contributed by atoms with Crippen molar-refractivity contribution < 1.29 is 15.4 Å². The fourth-order valence-electron chi connectivity index (χ4n) is 3.30. The van der Waals surface area contributed by atoms with Crippen LogP contribution in [0.3, 0.4) is 0 Å². The van der Waals surface area contributed by atoms with E-state index in [0.29, 0.717) is 22.6 Å². The number of hydrogen-bond acceptors (Lipinski definition) is 5. The fourth-order valence-corrected chi connectivity index (χ4v) is 3.30. The zero-order chi connectivity index (χ0) is 25.5. The van der Waals surface area contributed by atoms with E-state index in [0.717, 1.165) is 31.4 Å². The zero-order valence-electron chi connectivity index (χ0n) is 21.3. The van der Waals surface area contributed by atoms with Crippen molar-refractivity contribution in [1.29, 1.82) is 0 Å². The largest absolute Gasteiger partial charge is 0.366 e. The lowest BCUT2D eigenvalue weighted by Crippen LogP contribution is -2.46. The van der Waals surface area contributed by atoms with E-state index >= 15 is 0 Å². The number of nitrogens with zero attached hydrogens (tertiary/aromatic N) is 4. The first kappa shape index (κ1) is 27.0. The normalized spacial score (nSPS) is 15.6. The van der Waals surface area contributed by atoms with Crippen molar-refractivity contribution in [1.82, 2.24) is 9.97 Å². The molecule has 0 spiro atoms. The third kappa shape index (κ3) is 6.86. The van der Waals surface area contributed by atoms with Crippen molar-refractivity contribution in [2.75, 3.05) is 22.9 Å². The molecule has 2 aromatic heterocycles. The van der Waals surface area contributed by atoms with Gasteiger partial charge in [-0.05, 0) is 42.0 Å². The molecule has 2 aliphatic heterocycles. The first-order chi connectivity index (χ1) is 16.1. The number of carbonyl (C=O) groups excluding carboxylic acids is 2. The van der Waals surface area contributed by atoms with Crippen LogP contribution in [0.1, 0.15) is 78.9 Å². The number of aromatic nitrogens is 2. The minimum Gasteiger partial charge on any atom is -0.366 e. The quantitative estimate of drug-likeness (QED) is 0.408. The van der Waals surface area contributed by atoms with Crippen LogP contribution in [0.2, 0.25) is 0 Å². The van der Waals surface area contributed by atoms with Crippen molar-refractivity contribution in [3.8, 4) is 11.8 Å².